The lowest BCUT2D eigenvalue weighted by Crippen LogP contribution is -2.43. The molecular weight excluding hydrogens is 202 g/mol. The fourth-order valence-corrected chi connectivity index (χ4v) is 1.27. The number of hydrogen-bond acceptors (Lipinski definition) is 3. The maximum atomic E-state index is 10.7. The number of esters is 1. The van der Waals surface area contributed by atoms with Crippen LogP contribution in [0.15, 0.2) is 30.3 Å². The molecule has 0 bridgehead atoms. The van der Waals surface area contributed by atoms with Crippen molar-refractivity contribution in [2.24, 2.45) is 0 Å². The van der Waals surface area contributed by atoms with Crippen molar-refractivity contribution in [3.8, 4) is 0 Å². The molecule has 0 heterocycles. The third-order valence-electron chi connectivity index (χ3n) is 2.25. The average Bonchev–Trinajstić information content (AvgIpc) is 2.26. The first-order chi connectivity index (χ1) is 7.49. The molecule has 1 rings (SSSR count). The van der Waals surface area contributed by atoms with Gasteiger partial charge in [-0.3, -0.25) is 4.79 Å². The lowest BCUT2D eigenvalue weighted by Gasteiger charge is -2.25. The van der Waals surface area contributed by atoms with E-state index in [2.05, 4.69) is 17.4 Å². The Morgan fingerprint density at radius 3 is 2.50 bits per heavy atom. The fraction of sp³-hybridized carbons (Fsp3) is 0.462. The fourth-order valence-electron chi connectivity index (χ4n) is 1.27. The van der Waals surface area contributed by atoms with Gasteiger partial charge in [-0.25, -0.2) is 0 Å². The molecule has 0 unspecified atom stereocenters. The maximum absolute atomic E-state index is 10.7. The molecule has 0 saturated heterocycles. The van der Waals surface area contributed by atoms with Gasteiger partial charge >= 0.3 is 5.97 Å². The monoisotopic (exact) mass is 221 g/mol. The van der Waals surface area contributed by atoms with Gasteiger partial charge in [-0.1, -0.05) is 30.3 Å². The SMILES string of the molecule is CC(=O)OCC(C)(C)NCc1ccccc1. The van der Waals surface area contributed by atoms with Gasteiger partial charge < -0.3 is 10.1 Å². The summed E-state index contributed by atoms with van der Waals surface area (Å²) < 4.78 is 4.99. The van der Waals surface area contributed by atoms with Gasteiger partial charge in [0.05, 0.1) is 0 Å². The van der Waals surface area contributed by atoms with Crippen LogP contribution < -0.4 is 5.32 Å². The Bertz CT molecular complexity index is 333. The second-order valence-electron chi connectivity index (χ2n) is 4.50. The molecule has 0 aromatic heterocycles. The van der Waals surface area contributed by atoms with Crippen molar-refractivity contribution < 1.29 is 9.53 Å². The standard InChI is InChI=1S/C13H19NO2/c1-11(15)16-10-13(2,3)14-9-12-7-5-4-6-8-12/h4-8,14H,9-10H2,1-3H3. The lowest BCUT2D eigenvalue weighted by atomic mass is 10.1. The topological polar surface area (TPSA) is 38.3 Å². The van der Waals surface area contributed by atoms with Crippen LogP contribution >= 0.6 is 0 Å². The predicted molar refractivity (Wildman–Crippen MR) is 64.0 cm³/mol. The van der Waals surface area contributed by atoms with Gasteiger partial charge in [0.25, 0.3) is 0 Å². The highest BCUT2D eigenvalue weighted by Gasteiger charge is 2.18. The van der Waals surface area contributed by atoms with Crippen LogP contribution in [-0.4, -0.2) is 18.1 Å². The van der Waals surface area contributed by atoms with Crippen molar-refractivity contribution in [2.45, 2.75) is 32.9 Å². The zero-order valence-electron chi connectivity index (χ0n) is 10.1. The predicted octanol–water partition coefficient (Wildman–Crippen LogP) is 2.12. The summed E-state index contributed by atoms with van der Waals surface area (Å²) in [5.74, 6) is -0.241. The molecule has 0 aliphatic rings. The highest BCUT2D eigenvalue weighted by Crippen LogP contribution is 2.06. The Hall–Kier alpha value is -1.35. The van der Waals surface area contributed by atoms with E-state index in [4.69, 9.17) is 4.74 Å². The first kappa shape index (κ1) is 12.7. The van der Waals surface area contributed by atoms with E-state index < -0.39 is 0 Å². The van der Waals surface area contributed by atoms with E-state index in [1.165, 1.54) is 12.5 Å². The zero-order valence-corrected chi connectivity index (χ0v) is 10.1. The maximum Gasteiger partial charge on any atom is 0.302 e. The number of benzene rings is 1. The van der Waals surface area contributed by atoms with Crippen molar-refractivity contribution in [3.05, 3.63) is 35.9 Å². The largest absolute Gasteiger partial charge is 0.464 e. The van der Waals surface area contributed by atoms with Gasteiger partial charge in [0, 0.05) is 19.0 Å². The summed E-state index contributed by atoms with van der Waals surface area (Å²) in [6.07, 6.45) is 0. The van der Waals surface area contributed by atoms with Crippen molar-refractivity contribution in [3.63, 3.8) is 0 Å². The van der Waals surface area contributed by atoms with Gasteiger partial charge in [0.1, 0.15) is 6.61 Å². The van der Waals surface area contributed by atoms with Crippen LogP contribution in [0.4, 0.5) is 0 Å². The molecule has 0 spiro atoms. The zero-order chi connectivity index (χ0) is 12.0. The average molecular weight is 221 g/mol. The van der Waals surface area contributed by atoms with Gasteiger partial charge in [-0.2, -0.15) is 0 Å². The third-order valence-corrected chi connectivity index (χ3v) is 2.25. The smallest absolute Gasteiger partial charge is 0.302 e. The Morgan fingerprint density at radius 1 is 1.31 bits per heavy atom. The van der Waals surface area contributed by atoms with Gasteiger partial charge in [-0.15, -0.1) is 0 Å². The van der Waals surface area contributed by atoms with Crippen LogP contribution in [0.2, 0.25) is 0 Å². The summed E-state index contributed by atoms with van der Waals surface area (Å²) in [6.45, 7) is 6.61. The molecule has 0 saturated carbocycles. The molecule has 3 nitrogen and oxygen atoms in total. The van der Waals surface area contributed by atoms with Crippen LogP contribution in [-0.2, 0) is 16.1 Å². The number of nitrogens with one attached hydrogen (secondary N) is 1. The highest BCUT2D eigenvalue weighted by molar-refractivity contribution is 5.65. The lowest BCUT2D eigenvalue weighted by molar-refractivity contribution is -0.142. The Labute approximate surface area is 96.8 Å². The van der Waals surface area contributed by atoms with Crippen molar-refractivity contribution in [2.75, 3.05) is 6.61 Å². The van der Waals surface area contributed by atoms with E-state index in [0.717, 1.165) is 6.54 Å². The molecule has 88 valence electrons. The summed E-state index contributed by atoms with van der Waals surface area (Å²) in [4.78, 5) is 10.7. The van der Waals surface area contributed by atoms with Crippen LogP contribution in [0.1, 0.15) is 26.3 Å². The Morgan fingerprint density at radius 2 is 1.94 bits per heavy atom. The molecule has 0 amide bonds. The van der Waals surface area contributed by atoms with Crippen LogP contribution in [0.25, 0.3) is 0 Å². The molecule has 1 N–H and O–H groups in total. The van der Waals surface area contributed by atoms with Gasteiger partial charge in [-0.05, 0) is 19.4 Å². The minimum absolute atomic E-state index is 0.207. The first-order valence-corrected chi connectivity index (χ1v) is 5.42. The molecule has 0 fully saturated rings. The molecule has 0 atom stereocenters. The normalized spacial score (nSPS) is 11.2. The molecule has 0 aliphatic carbocycles. The van der Waals surface area contributed by atoms with E-state index in [1.807, 2.05) is 32.0 Å². The molecule has 0 aliphatic heterocycles. The summed E-state index contributed by atoms with van der Waals surface area (Å²) in [7, 11) is 0. The molecule has 1 aromatic rings. The van der Waals surface area contributed by atoms with Crippen LogP contribution in [0.3, 0.4) is 0 Å². The third kappa shape index (κ3) is 4.94. The van der Waals surface area contributed by atoms with E-state index in [-0.39, 0.29) is 11.5 Å². The highest BCUT2D eigenvalue weighted by atomic mass is 16.5. The number of carbonyl (C=O) groups is 1. The number of hydrogen-bond donors (Lipinski definition) is 1. The van der Waals surface area contributed by atoms with E-state index >= 15 is 0 Å². The quantitative estimate of drug-likeness (QED) is 0.774. The minimum atomic E-state index is -0.241. The molecule has 0 radical (unpaired) electrons. The first-order valence-electron chi connectivity index (χ1n) is 5.42. The van der Waals surface area contributed by atoms with Gasteiger partial charge in [0.15, 0.2) is 0 Å². The molecular formula is C13H19NO2. The van der Waals surface area contributed by atoms with E-state index in [9.17, 15) is 4.79 Å². The summed E-state index contributed by atoms with van der Waals surface area (Å²) in [5, 5.41) is 3.35. The summed E-state index contributed by atoms with van der Waals surface area (Å²) >= 11 is 0. The van der Waals surface area contributed by atoms with Crippen molar-refractivity contribution in [1.82, 2.24) is 5.32 Å². The summed E-state index contributed by atoms with van der Waals surface area (Å²) in [5.41, 5.74) is 1.01. The molecule has 1 aromatic carbocycles. The van der Waals surface area contributed by atoms with Crippen molar-refractivity contribution >= 4 is 5.97 Å². The number of carbonyl (C=O) groups excluding carboxylic acids is 1. The van der Waals surface area contributed by atoms with E-state index in [0.29, 0.717) is 6.61 Å². The number of ether oxygens (including phenoxy) is 1. The van der Waals surface area contributed by atoms with Crippen molar-refractivity contribution in [1.29, 1.82) is 0 Å². The minimum Gasteiger partial charge on any atom is -0.464 e. The van der Waals surface area contributed by atoms with Crippen LogP contribution in [0.5, 0.6) is 0 Å². The van der Waals surface area contributed by atoms with Crippen LogP contribution in [0, 0.1) is 0 Å². The molecule has 16 heavy (non-hydrogen) atoms. The summed E-state index contributed by atoms with van der Waals surface area (Å²) in [6, 6.07) is 10.1. The van der Waals surface area contributed by atoms with E-state index in [1.54, 1.807) is 0 Å². The Kier molecular flexibility index (Phi) is 4.50. The Balaban J connectivity index is 2.38. The second-order valence-corrected chi connectivity index (χ2v) is 4.50. The number of rotatable bonds is 5. The second kappa shape index (κ2) is 5.66. The molecule has 3 heteroatoms. The van der Waals surface area contributed by atoms with Gasteiger partial charge in [0.2, 0.25) is 0 Å².